The van der Waals surface area contributed by atoms with Crippen molar-refractivity contribution in [2.24, 2.45) is 0 Å². The van der Waals surface area contributed by atoms with E-state index in [1.165, 1.54) is 11.1 Å². The summed E-state index contributed by atoms with van der Waals surface area (Å²) in [6.07, 6.45) is 0. The third kappa shape index (κ3) is 4.33. The second-order valence-electron chi connectivity index (χ2n) is 4.96. The third-order valence-electron chi connectivity index (χ3n) is 2.75. The average Bonchev–Trinajstić information content (AvgIpc) is 2.16. The second-order valence-corrected chi connectivity index (χ2v) is 4.96. The van der Waals surface area contributed by atoms with Gasteiger partial charge in [-0.2, -0.15) is 0 Å². The predicted molar refractivity (Wildman–Crippen MR) is 70.7 cm³/mol. The van der Waals surface area contributed by atoms with E-state index < -0.39 is 0 Å². The highest BCUT2D eigenvalue weighted by Crippen LogP contribution is 2.13. The van der Waals surface area contributed by atoms with Crippen molar-refractivity contribution in [3.05, 3.63) is 35.4 Å². The smallest absolute Gasteiger partial charge is 0.0294 e. The molecule has 2 heteroatoms. The van der Waals surface area contributed by atoms with Crippen molar-refractivity contribution in [3.63, 3.8) is 0 Å². The summed E-state index contributed by atoms with van der Waals surface area (Å²) in [4.78, 5) is 2.21. The van der Waals surface area contributed by atoms with E-state index in [1.807, 2.05) is 0 Å². The zero-order chi connectivity index (χ0) is 12.1. The van der Waals surface area contributed by atoms with Gasteiger partial charge in [0.25, 0.3) is 0 Å². The molecule has 2 nitrogen and oxygen atoms in total. The molecule has 2 unspecified atom stereocenters. The first kappa shape index (κ1) is 13.2. The van der Waals surface area contributed by atoms with E-state index in [4.69, 9.17) is 0 Å². The minimum atomic E-state index is 0.413. The van der Waals surface area contributed by atoms with E-state index in [9.17, 15) is 0 Å². The van der Waals surface area contributed by atoms with Crippen molar-refractivity contribution in [1.29, 1.82) is 0 Å². The molecule has 0 fully saturated rings. The first-order valence-electron chi connectivity index (χ1n) is 5.96. The summed E-state index contributed by atoms with van der Waals surface area (Å²) in [5.74, 6) is 0. The molecular weight excluding hydrogens is 196 g/mol. The van der Waals surface area contributed by atoms with E-state index in [-0.39, 0.29) is 0 Å². The normalized spacial score (nSPS) is 15.1. The topological polar surface area (TPSA) is 15.3 Å². The van der Waals surface area contributed by atoms with Crippen LogP contribution in [0.1, 0.15) is 31.0 Å². The maximum absolute atomic E-state index is 3.61. The zero-order valence-electron chi connectivity index (χ0n) is 11.1. The van der Waals surface area contributed by atoms with Crippen molar-refractivity contribution in [2.45, 2.75) is 32.9 Å². The lowest BCUT2D eigenvalue weighted by Crippen LogP contribution is -2.37. The van der Waals surface area contributed by atoms with Crippen LogP contribution in [0.5, 0.6) is 0 Å². The number of likely N-dealkylation sites (N-methyl/N-ethyl adjacent to an activating group) is 1. The Labute approximate surface area is 99.7 Å². The van der Waals surface area contributed by atoms with Crippen LogP contribution in [0.3, 0.4) is 0 Å². The molecule has 2 atom stereocenters. The van der Waals surface area contributed by atoms with Crippen LogP contribution in [0, 0.1) is 6.92 Å². The minimum absolute atomic E-state index is 0.413. The van der Waals surface area contributed by atoms with E-state index in [2.05, 4.69) is 69.3 Å². The Kier molecular flexibility index (Phi) is 4.97. The molecule has 0 radical (unpaired) electrons. The summed E-state index contributed by atoms with van der Waals surface area (Å²) in [7, 11) is 4.21. The molecule has 1 N–H and O–H groups in total. The molecule has 0 aromatic heterocycles. The van der Waals surface area contributed by atoms with Gasteiger partial charge in [-0.1, -0.05) is 29.8 Å². The fourth-order valence-electron chi connectivity index (χ4n) is 1.98. The van der Waals surface area contributed by atoms with Gasteiger partial charge in [-0.25, -0.2) is 0 Å². The second kappa shape index (κ2) is 6.02. The summed E-state index contributed by atoms with van der Waals surface area (Å²) in [6.45, 7) is 7.63. The maximum atomic E-state index is 3.61. The Balaban J connectivity index is 2.51. The van der Waals surface area contributed by atoms with Gasteiger partial charge in [-0.3, -0.25) is 0 Å². The van der Waals surface area contributed by atoms with Gasteiger partial charge in [-0.15, -0.1) is 0 Å². The third-order valence-corrected chi connectivity index (χ3v) is 2.75. The number of benzene rings is 1. The van der Waals surface area contributed by atoms with Crippen LogP contribution in [0.15, 0.2) is 24.3 Å². The van der Waals surface area contributed by atoms with Crippen molar-refractivity contribution in [2.75, 3.05) is 20.6 Å². The molecule has 1 rings (SSSR count). The minimum Gasteiger partial charge on any atom is -0.308 e. The molecule has 0 saturated carbocycles. The van der Waals surface area contributed by atoms with Gasteiger partial charge < -0.3 is 10.2 Å². The van der Waals surface area contributed by atoms with Gasteiger partial charge in [0.05, 0.1) is 0 Å². The summed E-state index contributed by atoms with van der Waals surface area (Å²) >= 11 is 0. The van der Waals surface area contributed by atoms with Gasteiger partial charge in [0.15, 0.2) is 0 Å². The summed E-state index contributed by atoms with van der Waals surface area (Å²) in [5, 5.41) is 3.61. The summed E-state index contributed by atoms with van der Waals surface area (Å²) < 4.78 is 0. The van der Waals surface area contributed by atoms with Crippen LogP contribution < -0.4 is 5.32 Å². The van der Waals surface area contributed by atoms with Crippen LogP contribution in [0.2, 0.25) is 0 Å². The monoisotopic (exact) mass is 220 g/mol. The molecule has 0 aliphatic rings. The first-order chi connectivity index (χ1) is 7.49. The van der Waals surface area contributed by atoms with Gasteiger partial charge in [0.2, 0.25) is 0 Å². The van der Waals surface area contributed by atoms with E-state index in [0.717, 1.165) is 6.54 Å². The molecule has 1 aromatic rings. The fraction of sp³-hybridized carbons (Fsp3) is 0.571. The molecule has 90 valence electrons. The molecule has 0 heterocycles. The lowest BCUT2D eigenvalue weighted by molar-refractivity contribution is 0.334. The molecular formula is C14H24N2. The highest BCUT2D eigenvalue weighted by Gasteiger charge is 2.09. The molecule has 16 heavy (non-hydrogen) atoms. The number of rotatable bonds is 5. The molecule has 0 amide bonds. The quantitative estimate of drug-likeness (QED) is 0.820. The molecule has 0 bridgehead atoms. The number of nitrogens with one attached hydrogen (secondary N) is 1. The van der Waals surface area contributed by atoms with Crippen LogP contribution in [-0.2, 0) is 0 Å². The molecule has 0 saturated heterocycles. The van der Waals surface area contributed by atoms with Gasteiger partial charge in [-0.05, 0) is 40.4 Å². The number of hydrogen-bond acceptors (Lipinski definition) is 2. The Morgan fingerprint density at radius 2 is 1.69 bits per heavy atom. The lowest BCUT2D eigenvalue weighted by atomic mass is 10.1. The van der Waals surface area contributed by atoms with Gasteiger partial charge in [0, 0.05) is 18.6 Å². The maximum Gasteiger partial charge on any atom is 0.0294 e. The van der Waals surface area contributed by atoms with E-state index in [1.54, 1.807) is 0 Å². The highest BCUT2D eigenvalue weighted by atomic mass is 15.1. The van der Waals surface area contributed by atoms with Crippen LogP contribution in [0.4, 0.5) is 0 Å². The van der Waals surface area contributed by atoms with Gasteiger partial charge in [0.1, 0.15) is 0 Å². The van der Waals surface area contributed by atoms with Gasteiger partial charge >= 0.3 is 0 Å². The SMILES string of the molecule is Cc1ccc(C(C)NC(C)CN(C)C)cc1. The average molecular weight is 220 g/mol. The van der Waals surface area contributed by atoms with Crippen molar-refractivity contribution in [1.82, 2.24) is 10.2 Å². The van der Waals surface area contributed by atoms with Crippen molar-refractivity contribution < 1.29 is 0 Å². The van der Waals surface area contributed by atoms with Crippen molar-refractivity contribution in [3.8, 4) is 0 Å². The fourth-order valence-corrected chi connectivity index (χ4v) is 1.98. The van der Waals surface area contributed by atoms with Crippen LogP contribution >= 0.6 is 0 Å². The molecule has 1 aromatic carbocycles. The largest absolute Gasteiger partial charge is 0.308 e. The zero-order valence-corrected chi connectivity index (χ0v) is 11.1. The van der Waals surface area contributed by atoms with E-state index in [0.29, 0.717) is 12.1 Å². The van der Waals surface area contributed by atoms with Crippen LogP contribution in [-0.4, -0.2) is 31.6 Å². The van der Waals surface area contributed by atoms with E-state index >= 15 is 0 Å². The summed E-state index contributed by atoms with van der Waals surface area (Å²) in [5.41, 5.74) is 2.67. The Morgan fingerprint density at radius 3 is 2.19 bits per heavy atom. The number of nitrogens with zero attached hydrogens (tertiary/aromatic N) is 1. The van der Waals surface area contributed by atoms with Crippen LogP contribution in [0.25, 0.3) is 0 Å². The Morgan fingerprint density at radius 1 is 1.12 bits per heavy atom. The Hall–Kier alpha value is -0.860. The standard InChI is InChI=1S/C14H24N2/c1-11-6-8-14(9-7-11)13(3)15-12(2)10-16(4)5/h6-9,12-13,15H,10H2,1-5H3. The molecule has 0 aliphatic carbocycles. The van der Waals surface area contributed by atoms with Crippen molar-refractivity contribution >= 4 is 0 Å². The lowest BCUT2D eigenvalue weighted by Gasteiger charge is -2.23. The predicted octanol–water partition coefficient (Wildman–Crippen LogP) is 2.60. The Bertz CT molecular complexity index is 303. The number of aryl methyl sites for hydroxylation is 1. The molecule has 0 aliphatic heterocycles. The molecule has 0 spiro atoms. The number of hydrogen-bond donors (Lipinski definition) is 1. The summed E-state index contributed by atoms with van der Waals surface area (Å²) in [6, 6.07) is 9.67. The highest BCUT2D eigenvalue weighted by molar-refractivity contribution is 5.23. The first-order valence-corrected chi connectivity index (χ1v) is 5.96.